The van der Waals surface area contributed by atoms with E-state index in [4.69, 9.17) is 9.72 Å². The summed E-state index contributed by atoms with van der Waals surface area (Å²) in [6.45, 7) is 2.46. The molecule has 3 aliphatic rings. The minimum Gasteiger partial charge on any atom is -0.381 e. The molecule has 2 aliphatic heterocycles. The molecule has 0 unspecified atom stereocenters. The van der Waals surface area contributed by atoms with Crippen molar-refractivity contribution >= 4 is 5.91 Å². The molecular formula is C16H24N4O2. The molecule has 3 heterocycles. The highest BCUT2D eigenvalue weighted by Gasteiger charge is 2.38. The Hall–Kier alpha value is -1.43. The number of carbonyl (C=O) groups is 1. The van der Waals surface area contributed by atoms with Crippen molar-refractivity contribution in [3.63, 3.8) is 0 Å². The van der Waals surface area contributed by atoms with Crippen molar-refractivity contribution in [2.24, 2.45) is 5.92 Å². The molecule has 120 valence electrons. The average Bonchev–Trinajstić information content (AvgIpc) is 3.32. The van der Waals surface area contributed by atoms with Gasteiger partial charge in [0.1, 0.15) is 5.82 Å². The molecule has 1 aromatic heterocycles. The Labute approximate surface area is 130 Å². The molecule has 6 heteroatoms. The van der Waals surface area contributed by atoms with Gasteiger partial charge in [0.25, 0.3) is 0 Å². The maximum Gasteiger partial charge on any atom is 0.226 e. The summed E-state index contributed by atoms with van der Waals surface area (Å²) in [5.74, 6) is 2.79. The fourth-order valence-corrected chi connectivity index (χ4v) is 3.62. The fourth-order valence-electron chi connectivity index (χ4n) is 3.62. The Bertz CT molecular complexity index is 534. The van der Waals surface area contributed by atoms with E-state index in [0.717, 1.165) is 76.4 Å². The predicted octanol–water partition coefficient (Wildman–Crippen LogP) is 2.16. The van der Waals surface area contributed by atoms with Crippen LogP contribution in [0.2, 0.25) is 0 Å². The van der Waals surface area contributed by atoms with E-state index in [1.165, 1.54) is 0 Å². The zero-order chi connectivity index (χ0) is 14.9. The van der Waals surface area contributed by atoms with Crippen LogP contribution in [-0.4, -0.2) is 45.7 Å². The quantitative estimate of drug-likeness (QED) is 0.929. The number of H-pyrrole nitrogens is 1. The second-order valence-corrected chi connectivity index (χ2v) is 6.78. The van der Waals surface area contributed by atoms with E-state index in [2.05, 4.69) is 15.1 Å². The van der Waals surface area contributed by atoms with E-state index in [0.29, 0.717) is 11.8 Å². The Morgan fingerprint density at radius 1 is 1.14 bits per heavy atom. The van der Waals surface area contributed by atoms with E-state index in [-0.39, 0.29) is 12.0 Å². The van der Waals surface area contributed by atoms with Crippen LogP contribution in [0.4, 0.5) is 0 Å². The number of piperidine rings is 1. The van der Waals surface area contributed by atoms with E-state index in [9.17, 15) is 4.79 Å². The molecule has 2 saturated heterocycles. The number of hydrogen-bond acceptors (Lipinski definition) is 4. The number of ether oxygens (including phenoxy) is 1. The zero-order valence-electron chi connectivity index (χ0n) is 13.0. The highest BCUT2D eigenvalue weighted by Crippen LogP contribution is 2.37. The number of hydrogen-bond donors (Lipinski definition) is 1. The van der Waals surface area contributed by atoms with Crippen LogP contribution in [0.1, 0.15) is 68.6 Å². The van der Waals surface area contributed by atoms with Crippen LogP contribution in [0, 0.1) is 5.92 Å². The first-order chi connectivity index (χ1) is 10.8. The maximum atomic E-state index is 12.5. The summed E-state index contributed by atoms with van der Waals surface area (Å²) in [6.07, 6.45) is 7.38. The first-order valence-electron chi connectivity index (χ1n) is 8.63. The van der Waals surface area contributed by atoms with Gasteiger partial charge in [-0.3, -0.25) is 9.89 Å². The molecule has 0 spiro atoms. The number of rotatable bonds is 3. The number of aromatic nitrogens is 3. The third kappa shape index (κ3) is 2.76. The largest absolute Gasteiger partial charge is 0.381 e. The lowest BCUT2D eigenvalue weighted by Crippen LogP contribution is -2.39. The van der Waals surface area contributed by atoms with Gasteiger partial charge in [0.2, 0.25) is 5.91 Å². The summed E-state index contributed by atoms with van der Waals surface area (Å²) in [5.41, 5.74) is 0. The number of carbonyl (C=O) groups excluding carboxylic acids is 1. The van der Waals surface area contributed by atoms with Crippen molar-refractivity contribution in [1.82, 2.24) is 20.1 Å². The first-order valence-corrected chi connectivity index (χ1v) is 8.63. The van der Waals surface area contributed by atoms with Gasteiger partial charge in [-0.25, -0.2) is 4.98 Å². The Morgan fingerprint density at radius 3 is 2.73 bits per heavy atom. The molecule has 4 rings (SSSR count). The van der Waals surface area contributed by atoms with Crippen LogP contribution in [0.25, 0.3) is 0 Å². The SMILES string of the molecule is O=C(C1CC1)N1CCCC[C@@H]1c1nc(C2CCOCC2)n[nH]1. The van der Waals surface area contributed by atoms with Crippen molar-refractivity contribution in [1.29, 1.82) is 0 Å². The molecule has 22 heavy (non-hydrogen) atoms. The zero-order valence-corrected chi connectivity index (χ0v) is 13.0. The number of amides is 1. The number of likely N-dealkylation sites (tertiary alicyclic amines) is 1. The van der Waals surface area contributed by atoms with Crippen LogP contribution in [0.15, 0.2) is 0 Å². The molecular weight excluding hydrogens is 280 g/mol. The van der Waals surface area contributed by atoms with Gasteiger partial charge >= 0.3 is 0 Å². The van der Waals surface area contributed by atoms with Crippen LogP contribution in [0.5, 0.6) is 0 Å². The molecule has 6 nitrogen and oxygen atoms in total. The number of aromatic amines is 1. The molecule has 1 saturated carbocycles. The van der Waals surface area contributed by atoms with Gasteiger partial charge in [0.05, 0.1) is 6.04 Å². The van der Waals surface area contributed by atoms with Crippen molar-refractivity contribution in [2.45, 2.75) is 56.9 Å². The molecule has 0 aromatic carbocycles. The maximum absolute atomic E-state index is 12.5. The average molecular weight is 304 g/mol. The molecule has 3 fully saturated rings. The van der Waals surface area contributed by atoms with E-state index in [1.54, 1.807) is 0 Å². The first kappa shape index (κ1) is 14.2. The van der Waals surface area contributed by atoms with Crippen LogP contribution >= 0.6 is 0 Å². The summed E-state index contributed by atoms with van der Waals surface area (Å²) < 4.78 is 5.41. The molecule has 1 aromatic rings. The second kappa shape index (κ2) is 5.99. The van der Waals surface area contributed by atoms with Crippen molar-refractivity contribution in [3.8, 4) is 0 Å². The standard InChI is InChI=1S/C16H24N4O2/c21-16(12-4-5-12)20-8-2-1-3-13(20)15-17-14(18-19-15)11-6-9-22-10-7-11/h11-13H,1-10H2,(H,17,18,19)/t13-/m1/s1. The topological polar surface area (TPSA) is 71.1 Å². The smallest absolute Gasteiger partial charge is 0.226 e. The lowest BCUT2D eigenvalue weighted by molar-refractivity contribution is -0.136. The van der Waals surface area contributed by atoms with Gasteiger partial charge in [0, 0.05) is 31.6 Å². The van der Waals surface area contributed by atoms with E-state index < -0.39 is 0 Å². The minimum absolute atomic E-state index is 0.0999. The highest BCUT2D eigenvalue weighted by atomic mass is 16.5. The third-order valence-electron chi connectivity index (χ3n) is 5.13. The predicted molar refractivity (Wildman–Crippen MR) is 80.2 cm³/mol. The highest BCUT2D eigenvalue weighted by molar-refractivity contribution is 5.81. The van der Waals surface area contributed by atoms with Gasteiger partial charge in [-0.1, -0.05) is 0 Å². The Morgan fingerprint density at radius 2 is 1.95 bits per heavy atom. The third-order valence-corrected chi connectivity index (χ3v) is 5.13. The normalized spacial score (nSPS) is 27.1. The summed E-state index contributed by atoms with van der Waals surface area (Å²) in [4.78, 5) is 19.3. The Kier molecular flexibility index (Phi) is 3.86. The van der Waals surface area contributed by atoms with Crippen LogP contribution < -0.4 is 0 Å². The van der Waals surface area contributed by atoms with E-state index in [1.807, 2.05) is 0 Å². The lowest BCUT2D eigenvalue weighted by Gasteiger charge is -2.34. The van der Waals surface area contributed by atoms with Crippen molar-refractivity contribution in [3.05, 3.63) is 11.6 Å². The summed E-state index contributed by atoms with van der Waals surface area (Å²) in [6, 6.07) is 0.0999. The number of nitrogens with zero attached hydrogens (tertiary/aromatic N) is 3. The molecule has 0 bridgehead atoms. The summed E-state index contributed by atoms with van der Waals surface area (Å²) in [7, 11) is 0. The van der Waals surface area contributed by atoms with Gasteiger partial charge in [0.15, 0.2) is 5.82 Å². The molecule has 1 aliphatic carbocycles. The summed E-state index contributed by atoms with van der Waals surface area (Å²) >= 11 is 0. The molecule has 1 N–H and O–H groups in total. The molecule has 1 amide bonds. The minimum atomic E-state index is 0.0999. The van der Waals surface area contributed by atoms with E-state index >= 15 is 0 Å². The van der Waals surface area contributed by atoms with Gasteiger partial charge in [-0.2, -0.15) is 5.10 Å². The Balaban J connectivity index is 1.51. The monoisotopic (exact) mass is 304 g/mol. The molecule has 1 atom stereocenters. The molecule has 0 radical (unpaired) electrons. The van der Waals surface area contributed by atoms with Gasteiger partial charge < -0.3 is 9.64 Å². The number of nitrogens with one attached hydrogen (secondary N) is 1. The second-order valence-electron chi connectivity index (χ2n) is 6.78. The summed E-state index contributed by atoms with van der Waals surface area (Å²) in [5, 5.41) is 7.56. The van der Waals surface area contributed by atoms with Crippen molar-refractivity contribution < 1.29 is 9.53 Å². The van der Waals surface area contributed by atoms with Crippen LogP contribution in [-0.2, 0) is 9.53 Å². The van der Waals surface area contributed by atoms with Crippen LogP contribution in [0.3, 0.4) is 0 Å². The van der Waals surface area contributed by atoms with Crippen molar-refractivity contribution in [2.75, 3.05) is 19.8 Å². The lowest BCUT2D eigenvalue weighted by atomic mass is 9.99. The van der Waals surface area contributed by atoms with Gasteiger partial charge in [-0.15, -0.1) is 0 Å². The fraction of sp³-hybridized carbons (Fsp3) is 0.812. The van der Waals surface area contributed by atoms with Gasteiger partial charge in [-0.05, 0) is 44.9 Å².